The molecule has 170 valence electrons. The number of nitrogens with one attached hydrogen (secondary N) is 2. The molecule has 0 bridgehead atoms. The molecule has 1 atom stereocenters. The number of benzene rings is 2. The van der Waals surface area contributed by atoms with E-state index in [2.05, 4.69) is 17.6 Å². The Morgan fingerprint density at radius 1 is 1.06 bits per heavy atom. The number of likely N-dealkylation sites (tertiary alicyclic amines) is 1. The smallest absolute Gasteiger partial charge is 0.244 e. The third-order valence-corrected chi connectivity index (χ3v) is 6.57. The van der Waals surface area contributed by atoms with Gasteiger partial charge in [-0.25, -0.2) is 0 Å². The van der Waals surface area contributed by atoms with E-state index in [1.807, 2.05) is 53.4 Å². The summed E-state index contributed by atoms with van der Waals surface area (Å²) in [5, 5.41) is 6.02. The van der Waals surface area contributed by atoms with Gasteiger partial charge in [0.15, 0.2) is 0 Å². The van der Waals surface area contributed by atoms with E-state index in [4.69, 9.17) is 5.73 Å². The molecule has 7 nitrogen and oxygen atoms in total. The van der Waals surface area contributed by atoms with Crippen LogP contribution in [-0.4, -0.2) is 48.0 Å². The van der Waals surface area contributed by atoms with Crippen LogP contribution < -0.4 is 16.4 Å². The molecular formula is C24H30N4O3S. The molecule has 2 aromatic rings. The van der Waals surface area contributed by atoms with Gasteiger partial charge in [0.05, 0.1) is 18.0 Å². The number of piperidine rings is 1. The van der Waals surface area contributed by atoms with E-state index in [0.29, 0.717) is 11.6 Å². The molecule has 1 aliphatic rings. The number of carbonyl (C=O) groups excluding carboxylic acids is 3. The predicted octanol–water partition coefficient (Wildman–Crippen LogP) is 2.79. The minimum Gasteiger partial charge on any atom is -0.369 e. The van der Waals surface area contributed by atoms with Gasteiger partial charge >= 0.3 is 0 Å². The van der Waals surface area contributed by atoms with Crippen molar-refractivity contribution >= 4 is 35.2 Å². The van der Waals surface area contributed by atoms with Gasteiger partial charge in [-0.2, -0.15) is 0 Å². The second kappa shape index (κ2) is 11.7. The van der Waals surface area contributed by atoms with Gasteiger partial charge in [-0.1, -0.05) is 49.4 Å². The van der Waals surface area contributed by atoms with Crippen molar-refractivity contribution in [3.8, 4) is 0 Å². The minimum atomic E-state index is -0.588. The number of hydrogen-bond donors (Lipinski definition) is 3. The standard InChI is InChI=1S/C24H30N4O3S/c1-17-11-13-28(14-12-17)24(31)23(18-7-3-2-4-8-18)26-15-22(30)27-19-9-5-6-10-20(19)32-16-21(25)29/h2-10,17,23,26H,11-16H2,1H3,(H2,25,29)(H,27,30)/t23-/m0/s1. The molecule has 4 N–H and O–H groups in total. The molecule has 0 aromatic heterocycles. The van der Waals surface area contributed by atoms with Crippen LogP contribution in [-0.2, 0) is 14.4 Å². The summed E-state index contributed by atoms with van der Waals surface area (Å²) in [6.45, 7) is 3.66. The van der Waals surface area contributed by atoms with Gasteiger partial charge in [-0.05, 0) is 36.5 Å². The lowest BCUT2D eigenvalue weighted by molar-refractivity contribution is -0.135. The first kappa shape index (κ1) is 23.8. The Bertz CT molecular complexity index is 930. The first-order valence-electron chi connectivity index (χ1n) is 10.8. The Morgan fingerprint density at radius 3 is 2.41 bits per heavy atom. The fraction of sp³-hybridized carbons (Fsp3) is 0.375. The van der Waals surface area contributed by atoms with Crippen LogP contribution in [0.2, 0.25) is 0 Å². The van der Waals surface area contributed by atoms with Crippen LogP contribution in [0.1, 0.15) is 31.4 Å². The maximum atomic E-state index is 13.3. The first-order valence-corrected chi connectivity index (χ1v) is 11.8. The quantitative estimate of drug-likeness (QED) is 0.506. The Labute approximate surface area is 193 Å². The maximum Gasteiger partial charge on any atom is 0.244 e. The number of carbonyl (C=O) groups is 3. The summed E-state index contributed by atoms with van der Waals surface area (Å²) in [6.07, 6.45) is 1.99. The van der Waals surface area contributed by atoms with Gasteiger partial charge in [-0.3, -0.25) is 19.7 Å². The van der Waals surface area contributed by atoms with Crippen LogP contribution in [0.4, 0.5) is 5.69 Å². The topological polar surface area (TPSA) is 105 Å². The summed E-state index contributed by atoms with van der Waals surface area (Å²) in [7, 11) is 0. The number of anilines is 1. The molecule has 3 rings (SSSR count). The fourth-order valence-electron chi connectivity index (χ4n) is 3.64. The minimum absolute atomic E-state index is 0.00619. The highest BCUT2D eigenvalue weighted by Crippen LogP contribution is 2.27. The van der Waals surface area contributed by atoms with E-state index in [-0.39, 0.29) is 24.1 Å². The van der Waals surface area contributed by atoms with Crippen LogP contribution in [0.25, 0.3) is 0 Å². The lowest BCUT2D eigenvalue weighted by atomic mass is 9.97. The van der Waals surface area contributed by atoms with Gasteiger partial charge in [0.25, 0.3) is 0 Å². The Hall–Kier alpha value is -2.84. The molecule has 2 aromatic carbocycles. The van der Waals surface area contributed by atoms with Gasteiger partial charge in [0.1, 0.15) is 6.04 Å². The molecule has 1 saturated heterocycles. The van der Waals surface area contributed by atoms with Crippen LogP contribution >= 0.6 is 11.8 Å². The van der Waals surface area contributed by atoms with E-state index >= 15 is 0 Å². The molecule has 0 unspecified atom stereocenters. The predicted molar refractivity (Wildman–Crippen MR) is 127 cm³/mol. The van der Waals surface area contributed by atoms with Crippen molar-refractivity contribution in [2.45, 2.75) is 30.7 Å². The monoisotopic (exact) mass is 454 g/mol. The average molecular weight is 455 g/mol. The summed E-state index contributed by atoms with van der Waals surface area (Å²) < 4.78 is 0. The summed E-state index contributed by atoms with van der Waals surface area (Å²) >= 11 is 1.27. The van der Waals surface area contributed by atoms with Crippen LogP contribution in [0.15, 0.2) is 59.5 Å². The molecule has 8 heteroatoms. The number of nitrogens with two attached hydrogens (primary N) is 1. The van der Waals surface area contributed by atoms with Crippen LogP contribution in [0.5, 0.6) is 0 Å². The van der Waals surface area contributed by atoms with Crippen molar-refractivity contribution in [1.82, 2.24) is 10.2 Å². The van der Waals surface area contributed by atoms with Crippen molar-refractivity contribution in [1.29, 1.82) is 0 Å². The van der Waals surface area contributed by atoms with Gasteiger partial charge in [-0.15, -0.1) is 11.8 Å². The average Bonchev–Trinajstić information content (AvgIpc) is 2.79. The molecule has 0 spiro atoms. The zero-order chi connectivity index (χ0) is 22.9. The van der Waals surface area contributed by atoms with E-state index in [1.165, 1.54) is 11.8 Å². The van der Waals surface area contributed by atoms with Gasteiger partial charge in [0, 0.05) is 18.0 Å². The van der Waals surface area contributed by atoms with Crippen LogP contribution in [0, 0.1) is 5.92 Å². The van der Waals surface area contributed by atoms with Crippen molar-refractivity contribution in [2.75, 3.05) is 30.7 Å². The molecule has 1 fully saturated rings. The van der Waals surface area contributed by atoms with E-state index in [0.717, 1.165) is 36.4 Å². The number of hydrogen-bond acceptors (Lipinski definition) is 5. The summed E-state index contributed by atoms with van der Waals surface area (Å²) in [4.78, 5) is 39.7. The largest absolute Gasteiger partial charge is 0.369 e. The Balaban J connectivity index is 1.65. The first-order chi connectivity index (χ1) is 15.4. The summed E-state index contributed by atoms with van der Waals surface area (Å²) in [5.41, 5.74) is 6.68. The van der Waals surface area contributed by atoms with Gasteiger partial charge in [0.2, 0.25) is 17.7 Å². The van der Waals surface area contributed by atoms with E-state index in [9.17, 15) is 14.4 Å². The zero-order valence-corrected chi connectivity index (χ0v) is 19.1. The number of para-hydroxylation sites is 1. The molecule has 0 saturated carbocycles. The highest BCUT2D eigenvalue weighted by Gasteiger charge is 2.28. The lowest BCUT2D eigenvalue weighted by Gasteiger charge is -2.33. The fourth-order valence-corrected chi connectivity index (χ4v) is 4.39. The third kappa shape index (κ3) is 6.83. The van der Waals surface area contributed by atoms with Crippen molar-refractivity contribution in [3.05, 3.63) is 60.2 Å². The molecule has 0 radical (unpaired) electrons. The Morgan fingerprint density at radius 2 is 1.72 bits per heavy atom. The lowest BCUT2D eigenvalue weighted by Crippen LogP contribution is -2.46. The number of thioether (sulfide) groups is 1. The Kier molecular flexibility index (Phi) is 8.70. The molecule has 3 amide bonds. The third-order valence-electron chi connectivity index (χ3n) is 5.47. The number of primary amides is 1. The SMILES string of the molecule is CC1CCN(C(=O)[C@@H](NCC(=O)Nc2ccccc2SCC(N)=O)c2ccccc2)CC1. The molecular weight excluding hydrogens is 424 g/mol. The van der Waals surface area contributed by atoms with E-state index in [1.54, 1.807) is 6.07 Å². The van der Waals surface area contributed by atoms with E-state index < -0.39 is 11.9 Å². The highest BCUT2D eigenvalue weighted by molar-refractivity contribution is 8.00. The second-order valence-electron chi connectivity index (χ2n) is 8.03. The summed E-state index contributed by atoms with van der Waals surface area (Å²) in [5.74, 6) is 0.0606. The molecule has 1 aliphatic heterocycles. The van der Waals surface area contributed by atoms with Crippen molar-refractivity contribution in [3.63, 3.8) is 0 Å². The maximum absolute atomic E-state index is 13.3. The highest BCUT2D eigenvalue weighted by atomic mass is 32.2. The summed E-state index contributed by atoms with van der Waals surface area (Å²) in [6, 6.07) is 16.1. The zero-order valence-electron chi connectivity index (χ0n) is 18.3. The number of rotatable bonds is 9. The van der Waals surface area contributed by atoms with Crippen molar-refractivity contribution in [2.24, 2.45) is 11.7 Å². The van der Waals surface area contributed by atoms with Crippen LogP contribution in [0.3, 0.4) is 0 Å². The van der Waals surface area contributed by atoms with Gasteiger partial charge < -0.3 is 16.0 Å². The number of amides is 3. The number of nitrogens with zero attached hydrogens (tertiary/aromatic N) is 1. The van der Waals surface area contributed by atoms with Crippen molar-refractivity contribution < 1.29 is 14.4 Å². The molecule has 1 heterocycles. The molecule has 32 heavy (non-hydrogen) atoms. The molecule has 0 aliphatic carbocycles. The second-order valence-corrected chi connectivity index (χ2v) is 9.05. The normalized spacial score (nSPS) is 15.2.